The zero-order valence-corrected chi connectivity index (χ0v) is 14.2. The third kappa shape index (κ3) is 3.54. The van der Waals surface area contributed by atoms with Gasteiger partial charge in [0.1, 0.15) is 5.75 Å². The average molecular weight is 337 g/mol. The lowest BCUT2D eigenvalue weighted by Gasteiger charge is -2.24. The Morgan fingerprint density at radius 2 is 1.96 bits per heavy atom. The Hall–Kier alpha value is -2.33. The topological polar surface area (TPSA) is 47.6 Å². The summed E-state index contributed by atoms with van der Waals surface area (Å²) in [6.07, 6.45) is 2.86. The van der Waals surface area contributed by atoms with Crippen LogP contribution < -0.4 is 10.1 Å². The molecule has 0 aliphatic carbocycles. The van der Waals surface area contributed by atoms with Gasteiger partial charge < -0.3 is 14.8 Å². The molecular formula is C21H23NO3. The molecule has 2 heterocycles. The normalized spacial score (nSPS) is 20.4. The van der Waals surface area contributed by atoms with E-state index in [1.54, 1.807) is 0 Å². The molecule has 2 aliphatic rings. The zero-order valence-electron chi connectivity index (χ0n) is 14.2. The maximum atomic E-state index is 12.7. The average Bonchev–Trinajstić information content (AvgIpc) is 3.21. The maximum absolute atomic E-state index is 12.7. The fourth-order valence-corrected chi connectivity index (χ4v) is 3.57. The highest BCUT2D eigenvalue weighted by atomic mass is 16.5. The molecule has 2 aliphatic heterocycles. The highest BCUT2D eigenvalue weighted by Crippen LogP contribution is 2.30. The Morgan fingerprint density at radius 1 is 1.08 bits per heavy atom. The van der Waals surface area contributed by atoms with E-state index >= 15 is 0 Å². The summed E-state index contributed by atoms with van der Waals surface area (Å²) in [5.74, 6) is 0.991. The lowest BCUT2D eigenvalue weighted by Crippen LogP contribution is -2.35. The first-order valence-electron chi connectivity index (χ1n) is 9.00. The van der Waals surface area contributed by atoms with E-state index in [1.807, 2.05) is 24.3 Å². The van der Waals surface area contributed by atoms with Gasteiger partial charge in [-0.05, 0) is 48.1 Å². The highest BCUT2D eigenvalue weighted by Gasteiger charge is 2.27. The number of amides is 1. The summed E-state index contributed by atoms with van der Waals surface area (Å²) in [4.78, 5) is 12.7. The van der Waals surface area contributed by atoms with Crippen molar-refractivity contribution in [2.45, 2.75) is 25.3 Å². The van der Waals surface area contributed by atoms with Crippen LogP contribution in [0.3, 0.4) is 0 Å². The van der Waals surface area contributed by atoms with Gasteiger partial charge in [-0.1, -0.05) is 36.4 Å². The van der Waals surface area contributed by atoms with Gasteiger partial charge in [0.05, 0.1) is 25.2 Å². The van der Waals surface area contributed by atoms with Crippen LogP contribution in [0.4, 0.5) is 0 Å². The molecule has 2 aromatic carbocycles. The number of nitrogens with one attached hydrogen (secondary N) is 1. The van der Waals surface area contributed by atoms with Gasteiger partial charge in [-0.2, -0.15) is 0 Å². The third-order valence-electron chi connectivity index (χ3n) is 4.99. The molecule has 0 unspecified atom stereocenters. The van der Waals surface area contributed by atoms with E-state index in [2.05, 4.69) is 29.6 Å². The van der Waals surface area contributed by atoms with Crippen molar-refractivity contribution >= 4 is 5.91 Å². The van der Waals surface area contributed by atoms with Crippen molar-refractivity contribution in [2.24, 2.45) is 5.92 Å². The minimum atomic E-state index is -0.151. The van der Waals surface area contributed by atoms with E-state index in [4.69, 9.17) is 9.47 Å². The van der Waals surface area contributed by atoms with Crippen LogP contribution in [0, 0.1) is 5.92 Å². The summed E-state index contributed by atoms with van der Waals surface area (Å²) in [6.45, 7) is 1.97. The Labute approximate surface area is 148 Å². The first-order chi connectivity index (χ1) is 12.3. The predicted octanol–water partition coefficient (Wildman–Crippen LogP) is 3.25. The Kier molecular flexibility index (Phi) is 4.70. The van der Waals surface area contributed by atoms with Crippen LogP contribution in [0.1, 0.15) is 35.6 Å². The Balaban J connectivity index is 1.64. The van der Waals surface area contributed by atoms with Crippen LogP contribution in [0.15, 0.2) is 48.5 Å². The Bertz CT molecular complexity index is 738. The van der Waals surface area contributed by atoms with Crippen LogP contribution in [-0.2, 0) is 16.0 Å². The van der Waals surface area contributed by atoms with Crippen molar-refractivity contribution in [3.05, 3.63) is 65.2 Å². The van der Waals surface area contributed by atoms with Crippen molar-refractivity contribution < 1.29 is 14.3 Å². The number of hydrogen-bond donors (Lipinski definition) is 1. The summed E-state index contributed by atoms with van der Waals surface area (Å²) in [5, 5.41) is 3.24. The van der Waals surface area contributed by atoms with E-state index in [0.717, 1.165) is 42.7 Å². The Morgan fingerprint density at radius 3 is 2.76 bits per heavy atom. The molecule has 2 atom stereocenters. The van der Waals surface area contributed by atoms with E-state index in [9.17, 15) is 4.79 Å². The number of carbonyl (C=O) groups is 1. The summed E-state index contributed by atoms with van der Waals surface area (Å²) in [6, 6.07) is 16.3. The van der Waals surface area contributed by atoms with Crippen molar-refractivity contribution in [3.8, 4) is 5.75 Å². The van der Waals surface area contributed by atoms with Crippen molar-refractivity contribution in [2.75, 3.05) is 19.8 Å². The lowest BCUT2D eigenvalue weighted by molar-refractivity contribution is -0.125. The molecule has 1 saturated heterocycles. The first-order valence-corrected chi connectivity index (χ1v) is 9.00. The smallest absolute Gasteiger partial charge is 0.226 e. The molecule has 4 nitrogen and oxygen atoms in total. The van der Waals surface area contributed by atoms with Crippen molar-refractivity contribution in [1.29, 1.82) is 0 Å². The van der Waals surface area contributed by atoms with Gasteiger partial charge in [0.15, 0.2) is 0 Å². The number of hydrogen-bond acceptors (Lipinski definition) is 3. The number of aryl methyl sites for hydroxylation is 1. The predicted molar refractivity (Wildman–Crippen MR) is 95.6 cm³/mol. The molecule has 1 N–H and O–H groups in total. The van der Waals surface area contributed by atoms with Crippen LogP contribution in [-0.4, -0.2) is 25.7 Å². The summed E-state index contributed by atoms with van der Waals surface area (Å²) in [7, 11) is 0. The van der Waals surface area contributed by atoms with E-state index in [1.165, 1.54) is 5.56 Å². The summed E-state index contributed by atoms with van der Waals surface area (Å²) in [5.41, 5.74) is 3.41. The van der Waals surface area contributed by atoms with Crippen molar-refractivity contribution in [3.63, 3.8) is 0 Å². The van der Waals surface area contributed by atoms with Crippen molar-refractivity contribution in [1.82, 2.24) is 5.32 Å². The van der Waals surface area contributed by atoms with Gasteiger partial charge in [0.25, 0.3) is 0 Å². The number of carbonyl (C=O) groups excluding carboxylic acids is 1. The molecule has 130 valence electrons. The molecule has 0 radical (unpaired) electrons. The minimum Gasteiger partial charge on any atom is -0.493 e. The SMILES string of the molecule is O=C(N[C@H](c1ccccc1)c1ccc2c(c1)CCCO2)[C@H]1CCOC1. The molecule has 4 rings (SSSR count). The lowest BCUT2D eigenvalue weighted by atomic mass is 9.94. The van der Waals surface area contributed by atoms with Crippen LogP contribution in [0.25, 0.3) is 0 Å². The standard InChI is InChI=1S/C21H23NO3/c23-21(18-10-12-24-14-18)22-20(15-5-2-1-3-6-15)17-8-9-19-16(13-17)7-4-11-25-19/h1-3,5-6,8-9,13,18,20H,4,7,10-12,14H2,(H,22,23)/t18-,20+/m0/s1. The molecular weight excluding hydrogens is 314 g/mol. The number of benzene rings is 2. The van der Waals surface area contributed by atoms with Crippen LogP contribution >= 0.6 is 0 Å². The highest BCUT2D eigenvalue weighted by molar-refractivity contribution is 5.80. The molecule has 25 heavy (non-hydrogen) atoms. The molecule has 0 spiro atoms. The van der Waals surface area contributed by atoms with Crippen LogP contribution in [0.2, 0.25) is 0 Å². The summed E-state index contributed by atoms with van der Waals surface area (Å²) < 4.78 is 11.1. The number of fused-ring (bicyclic) bond motifs is 1. The van der Waals surface area contributed by atoms with Crippen LogP contribution in [0.5, 0.6) is 5.75 Å². The minimum absolute atomic E-state index is 0.0489. The van der Waals surface area contributed by atoms with Gasteiger partial charge >= 0.3 is 0 Å². The first kappa shape index (κ1) is 16.2. The zero-order chi connectivity index (χ0) is 17.1. The van der Waals surface area contributed by atoms with E-state index < -0.39 is 0 Å². The van der Waals surface area contributed by atoms with Gasteiger partial charge in [0, 0.05) is 6.61 Å². The van der Waals surface area contributed by atoms with Gasteiger partial charge in [-0.25, -0.2) is 0 Å². The van der Waals surface area contributed by atoms with Gasteiger partial charge in [0.2, 0.25) is 5.91 Å². The largest absolute Gasteiger partial charge is 0.493 e. The molecule has 2 aromatic rings. The monoisotopic (exact) mass is 337 g/mol. The summed E-state index contributed by atoms with van der Waals surface area (Å²) >= 11 is 0. The van der Waals surface area contributed by atoms with Gasteiger partial charge in [-0.3, -0.25) is 4.79 Å². The third-order valence-corrected chi connectivity index (χ3v) is 4.99. The second-order valence-electron chi connectivity index (χ2n) is 6.73. The number of rotatable bonds is 4. The van der Waals surface area contributed by atoms with Gasteiger partial charge in [-0.15, -0.1) is 0 Å². The maximum Gasteiger partial charge on any atom is 0.226 e. The molecule has 0 saturated carbocycles. The molecule has 0 aromatic heterocycles. The molecule has 1 amide bonds. The molecule has 0 bridgehead atoms. The molecule has 4 heteroatoms. The quantitative estimate of drug-likeness (QED) is 0.932. The van der Waals surface area contributed by atoms with E-state index in [-0.39, 0.29) is 17.9 Å². The number of ether oxygens (including phenoxy) is 2. The molecule has 1 fully saturated rings. The second kappa shape index (κ2) is 7.28. The fourth-order valence-electron chi connectivity index (χ4n) is 3.57. The van der Waals surface area contributed by atoms with E-state index in [0.29, 0.717) is 13.2 Å². The fraction of sp³-hybridized carbons (Fsp3) is 0.381. The second-order valence-corrected chi connectivity index (χ2v) is 6.73.